The van der Waals surface area contributed by atoms with Crippen molar-refractivity contribution in [2.45, 2.75) is 38.4 Å². The summed E-state index contributed by atoms with van der Waals surface area (Å²) in [5.74, 6) is 0.0554. The smallest absolute Gasteiger partial charge is 0.408 e. The van der Waals surface area contributed by atoms with Crippen LogP contribution in [0.5, 0.6) is 5.75 Å². The summed E-state index contributed by atoms with van der Waals surface area (Å²) in [5.41, 5.74) is 3.78. The lowest BCUT2D eigenvalue weighted by molar-refractivity contribution is -0.149. The van der Waals surface area contributed by atoms with Gasteiger partial charge in [-0.15, -0.1) is 11.3 Å². The Labute approximate surface area is 222 Å². The maximum absolute atomic E-state index is 12.8. The monoisotopic (exact) mass is 543 g/mol. The Morgan fingerprint density at radius 2 is 1.87 bits per heavy atom. The first kappa shape index (κ1) is 26.2. The normalized spacial score (nSPS) is 15.5. The standard InChI is InChI=1S/C27H28F3N5O2S/c1-18(27(28,29)30)33-26(36)24-13-20(17-38-24)23-15-32-35-16-21(14-31-25(23)35)19-5-7-22(8-6-19)37-12-11-34-9-3-2-4-10-34/h5-8,13-18H,2-4,9-12H2,1H3,(H,33,36). The molecule has 0 bridgehead atoms. The highest BCUT2D eigenvalue weighted by Gasteiger charge is 2.37. The number of piperidine rings is 1. The molecule has 0 radical (unpaired) electrons. The number of aromatic nitrogens is 3. The average molecular weight is 544 g/mol. The molecule has 3 aromatic heterocycles. The Balaban J connectivity index is 1.24. The fourth-order valence-corrected chi connectivity index (χ4v) is 5.20. The number of hydrogen-bond donors (Lipinski definition) is 1. The van der Waals surface area contributed by atoms with E-state index in [0.717, 1.165) is 54.8 Å². The predicted octanol–water partition coefficient (Wildman–Crippen LogP) is 5.67. The molecule has 200 valence electrons. The molecule has 1 saturated heterocycles. The number of rotatable bonds is 8. The maximum atomic E-state index is 12.8. The molecule has 1 aromatic carbocycles. The van der Waals surface area contributed by atoms with Crippen LogP contribution in [0.4, 0.5) is 13.2 Å². The summed E-state index contributed by atoms with van der Waals surface area (Å²) >= 11 is 1.07. The van der Waals surface area contributed by atoms with Gasteiger partial charge in [0.1, 0.15) is 18.4 Å². The van der Waals surface area contributed by atoms with Crippen LogP contribution in [-0.2, 0) is 0 Å². The van der Waals surface area contributed by atoms with E-state index in [1.165, 1.54) is 19.3 Å². The zero-order valence-electron chi connectivity index (χ0n) is 20.9. The van der Waals surface area contributed by atoms with Crippen molar-refractivity contribution in [3.05, 3.63) is 59.2 Å². The fourth-order valence-electron chi connectivity index (χ4n) is 4.39. The summed E-state index contributed by atoms with van der Waals surface area (Å²) in [7, 11) is 0. The number of carbonyl (C=O) groups is 1. The molecule has 0 saturated carbocycles. The predicted molar refractivity (Wildman–Crippen MR) is 141 cm³/mol. The molecule has 1 N–H and O–H groups in total. The Bertz CT molecular complexity index is 1390. The average Bonchev–Trinajstić information content (AvgIpc) is 3.56. The van der Waals surface area contributed by atoms with Crippen molar-refractivity contribution < 1.29 is 22.7 Å². The van der Waals surface area contributed by atoms with E-state index < -0.39 is 18.1 Å². The van der Waals surface area contributed by atoms with Crippen molar-refractivity contribution in [3.63, 3.8) is 0 Å². The topological polar surface area (TPSA) is 71.8 Å². The van der Waals surface area contributed by atoms with E-state index in [0.29, 0.717) is 23.4 Å². The van der Waals surface area contributed by atoms with Gasteiger partial charge in [0.05, 0.1) is 11.1 Å². The summed E-state index contributed by atoms with van der Waals surface area (Å²) in [4.78, 5) is 19.5. The Morgan fingerprint density at radius 1 is 1.11 bits per heavy atom. The van der Waals surface area contributed by atoms with Crippen LogP contribution in [-0.4, -0.2) is 63.9 Å². The fraction of sp³-hybridized carbons (Fsp3) is 0.370. The number of halogens is 3. The van der Waals surface area contributed by atoms with Gasteiger partial charge in [-0.1, -0.05) is 18.6 Å². The van der Waals surface area contributed by atoms with Crippen LogP contribution in [0.1, 0.15) is 35.9 Å². The third-order valence-electron chi connectivity index (χ3n) is 6.64. The van der Waals surface area contributed by atoms with Gasteiger partial charge in [0.2, 0.25) is 0 Å². The summed E-state index contributed by atoms with van der Waals surface area (Å²) in [6.45, 7) is 4.81. The van der Waals surface area contributed by atoms with Gasteiger partial charge in [-0.25, -0.2) is 9.50 Å². The molecule has 1 unspecified atom stereocenters. The number of benzene rings is 1. The van der Waals surface area contributed by atoms with E-state index in [1.54, 1.807) is 28.4 Å². The van der Waals surface area contributed by atoms with E-state index in [4.69, 9.17) is 4.74 Å². The molecule has 1 aliphatic heterocycles. The highest BCUT2D eigenvalue weighted by atomic mass is 32.1. The number of carbonyl (C=O) groups excluding carboxylic acids is 1. The van der Waals surface area contributed by atoms with Crippen LogP contribution in [0.15, 0.2) is 54.3 Å². The summed E-state index contributed by atoms with van der Waals surface area (Å²) in [6.07, 6.45) is 4.59. The maximum Gasteiger partial charge on any atom is 0.408 e. The Hall–Kier alpha value is -3.44. The summed E-state index contributed by atoms with van der Waals surface area (Å²) in [6, 6.07) is 7.48. The number of ether oxygens (including phenoxy) is 1. The molecule has 1 aliphatic rings. The van der Waals surface area contributed by atoms with Gasteiger partial charge >= 0.3 is 6.18 Å². The highest BCUT2D eigenvalue weighted by Crippen LogP contribution is 2.30. The lowest BCUT2D eigenvalue weighted by atomic mass is 10.1. The van der Waals surface area contributed by atoms with Crippen molar-refractivity contribution in [2.75, 3.05) is 26.2 Å². The van der Waals surface area contributed by atoms with Crippen LogP contribution in [0, 0.1) is 0 Å². The molecule has 1 amide bonds. The van der Waals surface area contributed by atoms with E-state index in [2.05, 4.69) is 15.0 Å². The molecular weight excluding hydrogens is 515 g/mol. The summed E-state index contributed by atoms with van der Waals surface area (Å²) in [5, 5.41) is 8.10. The zero-order valence-corrected chi connectivity index (χ0v) is 21.7. The quantitative estimate of drug-likeness (QED) is 0.310. The second-order valence-electron chi connectivity index (χ2n) is 9.38. The minimum Gasteiger partial charge on any atom is -0.492 e. The van der Waals surface area contributed by atoms with Crippen molar-refractivity contribution in [3.8, 4) is 28.0 Å². The van der Waals surface area contributed by atoms with Crippen LogP contribution in [0.25, 0.3) is 27.9 Å². The van der Waals surface area contributed by atoms with Crippen LogP contribution >= 0.6 is 11.3 Å². The molecule has 4 aromatic rings. The highest BCUT2D eigenvalue weighted by molar-refractivity contribution is 7.12. The van der Waals surface area contributed by atoms with E-state index in [1.807, 2.05) is 35.8 Å². The SMILES string of the molecule is CC(NC(=O)c1cc(-c2cnn3cc(-c4ccc(OCCN5CCCCC5)cc4)cnc23)cs1)C(F)(F)F. The van der Waals surface area contributed by atoms with Gasteiger partial charge in [-0.2, -0.15) is 18.3 Å². The van der Waals surface area contributed by atoms with Crippen molar-refractivity contribution >= 4 is 22.9 Å². The van der Waals surface area contributed by atoms with Crippen LogP contribution in [0.2, 0.25) is 0 Å². The Kier molecular flexibility index (Phi) is 7.66. The molecule has 5 rings (SSSR count). The molecule has 0 aliphatic carbocycles. The lowest BCUT2D eigenvalue weighted by Gasteiger charge is -2.26. The molecule has 0 spiro atoms. The molecule has 4 heterocycles. The number of amides is 1. The van der Waals surface area contributed by atoms with E-state index in [9.17, 15) is 18.0 Å². The molecule has 38 heavy (non-hydrogen) atoms. The van der Waals surface area contributed by atoms with Gasteiger partial charge in [-0.05, 0) is 67.6 Å². The molecule has 11 heteroatoms. The first-order valence-electron chi connectivity index (χ1n) is 12.5. The number of thiophene rings is 1. The van der Waals surface area contributed by atoms with Crippen molar-refractivity contribution in [1.29, 1.82) is 0 Å². The van der Waals surface area contributed by atoms with Crippen molar-refractivity contribution in [1.82, 2.24) is 24.8 Å². The van der Waals surface area contributed by atoms with Gasteiger partial charge < -0.3 is 10.1 Å². The largest absolute Gasteiger partial charge is 0.492 e. The molecule has 7 nitrogen and oxygen atoms in total. The molecule has 1 atom stereocenters. The minimum atomic E-state index is -4.50. The van der Waals surface area contributed by atoms with Crippen LogP contribution in [0.3, 0.4) is 0 Å². The second-order valence-corrected chi connectivity index (χ2v) is 10.3. The Morgan fingerprint density at radius 3 is 2.61 bits per heavy atom. The number of hydrogen-bond acceptors (Lipinski definition) is 6. The number of alkyl halides is 3. The van der Waals surface area contributed by atoms with Crippen molar-refractivity contribution in [2.24, 2.45) is 0 Å². The minimum absolute atomic E-state index is 0.185. The van der Waals surface area contributed by atoms with Gasteiger partial charge in [-0.3, -0.25) is 9.69 Å². The number of nitrogens with one attached hydrogen (secondary N) is 1. The number of fused-ring (bicyclic) bond motifs is 1. The van der Waals surface area contributed by atoms with E-state index >= 15 is 0 Å². The first-order valence-corrected chi connectivity index (χ1v) is 13.4. The number of nitrogens with zero attached hydrogens (tertiary/aromatic N) is 4. The number of likely N-dealkylation sites (tertiary alicyclic amines) is 1. The zero-order chi connectivity index (χ0) is 26.7. The third kappa shape index (κ3) is 5.99. The van der Waals surface area contributed by atoms with Gasteiger partial charge in [0.15, 0.2) is 5.65 Å². The first-order chi connectivity index (χ1) is 18.3. The van der Waals surface area contributed by atoms with E-state index in [-0.39, 0.29) is 4.88 Å². The third-order valence-corrected chi connectivity index (χ3v) is 7.57. The summed E-state index contributed by atoms with van der Waals surface area (Å²) < 4.78 is 45.9. The lowest BCUT2D eigenvalue weighted by Crippen LogP contribution is -2.42. The second kappa shape index (κ2) is 11.1. The molecule has 1 fully saturated rings. The van der Waals surface area contributed by atoms with Gasteiger partial charge in [0, 0.05) is 30.1 Å². The van der Waals surface area contributed by atoms with Gasteiger partial charge in [0.25, 0.3) is 5.91 Å². The molecular formula is C27H28F3N5O2S. The van der Waals surface area contributed by atoms with Crippen LogP contribution < -0.4 is 10.1 Å².